The summed E-state index contributed by atoms with van der Waals surface area (Å²) in [5.74, 6) is -0.0536. The lowest BCUT2D eigenvalue weighted by Gasteiger charge is -1.98. The predicted octanol–water partition coefficient (Wildman–Crippen LogP) is 4.30. The number of halogens is 2. The topological polar surface area (TPSA) is 46.0 Å². The summed E-state index contributed by atoms with van der Waals surface area (Å²) in [6.45, 7) is 0. The van der Waals surface area contributed by atoms with Gasteiger partial charge in [0.2, 0.25) is 5.78 Å². The molecule has 3 rings (SSSR count). The number of benzene rings is 1. The van der Waals surface area contributed by atoms with E-state index in [-0.39, 0.29) is 16.8 Å². The molecular weight excluding hydrogens is 273 g/mol. The van der Waals surface area contributed by atoms with Gasteiger partial charge in [-0.2, -0.15) is 0 Å². The quantitative estimate of drug-likeness (QED) is 0.711. The van der Waals surface area contributed by atoms with E-state index in [4.69, 9.17) is 27.6 Å². The molecule has 18 heavy (non-hydrogen) atoms. The molecule has 0 unspecified atom stereocenters. The average molecular weight is 280 g/mol. The lowest BCUT2D eigenvalue weighted by molar-refractivity contribution is 0.101. The summed E-state index contributed by atoms with van der Waals surface area (Å²) in [4.78, 5) is 15.3. The fourth-order valence-corrected chi connectivity index (χ4v) is 2.31. The molecule has 0 saturated heterocycles. The molecule has 0 aliphatic rings. The van der Waals surface area contributed by atoms with Crippen molar-refractivity contribution < 1.29 is 9.21 Å². The molecule has 0 radical (unpaired) electrons. The van der Waals surface area contributed by atoms with Crippen molar-refractivity contribution in [3.05, 3.63) is 58.1 Å². The summed E-state index contributed by atoms with van der Waals surface area (Å²) in [6, 6.07) is 8.49. The highest BCUT2D eigenvalue weighted by atomic mass is 35.5. The fourth-order valence-electron chi connectivity index (χ4n) is 1.89. The van der Waals surface area contributed by atoms with Gasteiger partial charge in [-0.05, 0) is 35.9 Å². The maximum atomic E-state index is 12.3. The molecule has 0 amide bonds. The van der Waals surface area contributed by atoms with Crippen LogP contribution < -0.4 is 0 Å². The van der Waals surface area contributed by atoms with Crippen LogP contribution in [-0.4, -0.2) is 10.8 Å². The number of rotatable bonds is 2. The molecule has 5 heteroatoms. The van der Waals surface area contributed by atoms with E-state index < -0.39 is 0 Å². The van der Waals surface area contributed by atoms with Gasteiger partial charge in [-0.25, -0.2) is 0 Å². The molecule has 2 aromatic heterocycles. The first-order chi connectivity index (χ1) is 8.66. The number of aromatic amines is 1. The van der Waals surface area contributed by atoms with Crippen molar-refractivity contribution in [2.75, 3.05) is 0 Å². The summed E-state index contributed by atoms with van der Waals surface area (Å²) in [5.41, 5.74) is 1.28. The van der Waals surface area contributed by atoms with Gasteiger partial charge in [0.05, 0.1) is 10.6 Å². The highest BCUT2D eigenvalue weighted by Crippen LogP contribution is 2.28. The first-order valence-corrected chi connectivity index (χ1v) is 5.98. The number of furan rings is 1. The van der Waals surface area contributed by atoms with Crippen LogP contribution in [0.5, 0.6) is 0 Å². The van der Waals surface area contributed by atoms with E-state index in [0.717, 1.165) is 5.52 Å². The highest BCUT2D eigenvalue weighted by molar-refractivity contribution is 6.37. The minimum absolute atomic E-state index is 0.185. The molecule has 0 fully saturated rings. The van der Waals surface area contributed by atoms with E-state index in [1.807, 2.05) is 12.1 Å². The molecule has 1 aromatic carbocycles. The van der Waals surface area contributed by atoms with Crippen molar-refractivity contribution in [2.24, 2.45) is 0 Å². The molecule has 90 valence electrons. The Morgan fingerprint density at radius 3 is 2.72 bits per heavy atom. The average Bonchev–Trinajstić information content (AvgIpc) is 2.95. The Bertz CT molecular complexity index is 742. The van der Waals surface area contributed by atoms with Gasteiger partial charge < -0.3 is 9.40 Å². The predicted molar refractivity (Wildman–Crippen MR) is 70.5 cm³/mol. The van der Waals surface area contributed by atoms with Crippen molar-refractivity contribution in [3.63, 3.8) is 0 Å². The monoisotopic (exact) mass is 279 g/mol. The SMILES string of the molecule is O=C(c1ccc(Cl)o1)c1c[nH]c2cccc(Cl)c12. The second kappa shape index (κ2) is 4.19. The van der Waals surface area contributed by atoms with E-state index >= 15 is 0 Å². The summed E-state index contributed by atoms with van der Waals surface area (Å²) < 4.78 is 5.12. The van der Waals surface area contributed by atoms with Crippen LogP contribution in [-0.2, 0) is 0 Å². The zero-order valence-electron chi connectivity index (χ0n) is 9.04. The molecule has 3 nitrogen and oxygen atoms in total. The number of carbonyl (C=O) groups excluding carboxylic acids is 1. The number of H-pyrrole nitrogens is 1. The van der Waals surface area contributed by atoms with Gasteiger partial charge in [0, 0.05) is 17.1 Å². The molecule has 1 N–H and O–H groups in total. The van der Waals surface area contributed by atoms with Gasteiger partial charge in [-0.1, -0.05) is 17.7 Å². The van der Waals surface area contributed by atoms with Crippen LogP contribution in [0.3, 0.4) is 0 Å². The van der Waals surface area contributed by atoms with Crippen molar-refractivity contribution in [1.29, 1.82) is 0 Å². The highest BCUT2D eigenvalue weighted by Gasteiger charge is 2.18. The van der Waals surface area contributed by atoms with Crippen LogP contribution in [0.2, 0.25) is 10.2 Å². The third-order valence-electron chi connectivity index (χ3n) is 2.70. The van der Waals surface area contributed by atoms with Gasteiger partial charge >= 0.3 is 0 Å². The normalized spacial score (nSPS) is 11.0. The number of nitrogens with one attached hydrogen (secondary N) is 1. The van der Waals surface area contributed by atoms with Gasteiger partial charge in [-0.15, -0.1) is 0 Å². The first-order valence-electron chi connectivity index (χ1n) is 5.22. The smallest absolute Gasteiger partial charge is 0.230 e. The summed E-state index contributed by atoms with van der Waals surface area (Å²) in [6.07, 6.45) is 1.62. The second-order valence-electron chi connectivity index (χ2n) is 3.80. The molecule has 0 spiro atoms. The Hall–Kier alpha value is -1.71. The number of hydrogen-bond donors (Lipinski definition) is 1. The summed E-state index contributed by atoms with van der Waals surface area (Å²) in [5, 5.41) is 1.40. The van der Waals surface area contributed by atoms with Gasteiger partial charge in [0.1, 0.15) is 0 Å². The van der Waals surface area contributed by atoms with Crippen LogP contribution in [0.1, 0.15) is 16.1 Å². The lowest BCUT2D eigenvalue weighted by Crippen LogP contribution is -1.98. The van der Waals surface area contributed by atoms with Crippen LogP contribution in [0, 0.1) is 0 Å². The van der Waals surface area contributed by atoms with E-state index in [1.165, 1.54) is 6.07 Å². The van der Waals surface area contributed by atoms with Gasteiger partial charge in [-0.3, -0.25) is 4.79 Å². The molecule has 0 bridgehead atoms. The van der Waals surface area contributed by atoms with Gasteiger partial charge in [0.25, 0.3) is 0 Å². The Balaban J connectivity index is 2.18. The lowest BCUT2D eigenvalue weighted by atomic mass is 10.1. The number of ketones is 1. The van der Waals surface area contributed by atoms with Crippen LogP contribution in [0.4, 0.5) is 0 Å². The Morgan fingerprint density at radius 1 is 1.17 bits per heavy atom. The first kappa shape index (κ1) is 11.4. The molecule has 0 saturated carbocycles. The van der Waals surface area contributed by atoms with Crippen LogP contribution in [0.25, 0.3) is 10.9 Å². The van der Waals surface area contributed by atoms with Gasteiger partial charge in [0.15, 0.2) is 11.0 Å². The van der Waals surface area contributed by atoms with E-state index in [2.05, 4.69) is 4.98 Å². The van der Waals surface area contributed by atoms with E-state index in [9.17, 15) is 4.79 Å². The molecule has 0 aliphatic carbocycles. The number of aromatic nitrogens is 1. The third kappa shape index (κ3) is 1.72. The Labute approximate surface area is 112 Å². The zero-order valence-corrected chi connectivity index (χ0v) is 10.5. The number of carbonyl (C=O) groups is 1. The summed E-state index contributed by atoms with van der Waals surface area (Å²) in [7, 11) is 0. The minimum atomic E-state index is -0.249. The molecule has 3 aromatic rings. The molecule has 2 heterocycles. The minimum Gasteiger partial charge on any atom is -0.441 e. The molecule has 0 aliphatic heterocycles. The maximum Gasteiger partial charge on any atom is 0.230 e. The Morgan fingerprint density at radius 2 is 2.00 bits per heavy atom. The fraction of sp³-hybridized carbons (Fsp3) is 0. The van der Waals surface area contributed by atoms with Crippen molar-refractivity contribution in [2.45, 2.75) is 0 Å². The van der Waals surface area contributed by atoms with Crippen molar-refractivity contribution >= 4 is 39.9 Å². The number of hydrogen-bond acceptors (Lipinski definition) is 2. The molecular formula is C13H7Cl2NO2. The largest absolute Gasteiger partial charge is 0.441 e. The van der Waals surface area contributed by atoms with E-state index in [0.29, 0.717) is 16.0 Å². The van der Waals surface area contributed by atoms with Crippen LogP contribution in [0.15, 0.2) is 40.9 Å². The third-order valence-corrected chi connectivity index (χ3v) is 3.21. The van der Waals surface area contributed by atoms with Crippen molar-refractivity contribution in [3.8, 4) is 0 Å². The maximum absolute atomic E-state index is 12.3. The number of fused-ring (bicyclic) bond motifs is 1. The standard InChI is InChI=1S/C13H7Cl2NO2/c14-8-2-1-3-9-12(8)7(6-16-9)13(17)10-4-5-11(15)18-10/h1-6,16H. The Kier molecular flexibility index (Phi) is 2.65. The van der Waals surface area contributed by atoms with E-state index in [1.54, 1.807) is 18.3 Å². The zero-order chi connectivity index (χ0) is 12.7. The van der Waals surface area contributed by atoms with Crippen LogP contribution >= 0.6 is 23.2 Å². The van der Waals surface area contributed by atoms with Crippen molar-refractivity contribution in [1.82, 2.24) is 4.98 Å². The summed E-state index contributed by atoms with van der Waals surface area (Å²) >= 11 is 11.8. The molecule has 0 atom stereocenters. The second-order valence-corrected chi connectivity index (χ2v) is 4.58.